The van der Waals surface area contributed by atoms with Gasteiger partial charge in [-0.2, -0.15) is 13.2 Å². The Morgan fingerprint density at radius 1 is 1.19 bits per heavy atom. The van der Waals surface area contributed by atoms with Gasteiger partial charge in [0.2, 0.25) is 0 Å². The van der Waals surface area contributed by atoms with Crippen LogP contribution in [0.5, 0.6) is 0 Å². The van der Waals surface area contributed by atoms with Crippen LogP contribution in [0.25, 0.3) is 0 Å². The molecule has 0 radical (unpaired) electrons. The number of hydrogen-bond acceptors (Lipinski definition) is 4. The van der Waals surface area contributed by atoms with Crippen LogP contribution in [0.1, 0.15) is 86.5 Å². The first kappa shape index (κ1) is 27.4. The summed E-state index contributed by atoms with van der Waals surface area (Å²) in [6.07, 6.45) is -1.46. The Hall–Kier alpha value is -0.795. The largest absolute Gasteiger partial charge is 0.480 e. The van der Waals surface area contributed by atoms with Gasteiger partial charge in [-0.15, -0.1) is 0 Å². The molecule has 5 atom stereocenters. The molecular weight excluding hydrogens is 422 g/mol. The van der Waals surface area contributed by atoms with Gasteiger partial charge in [0.1, 0.15) is 5.54 Å². The quantitative estimate of drug-likeness (QED) is 0.408. The minimum atomic E-state index is -4.22. The van der Waals surface area contributed by atoms with Gasteiger partial charge in [-0.3, -0.25) is 4.79 Å². The van der Waals surface area contributed by atoms with Gasteiger partial charge in [0, 0.05) is 6.42 Å². The van der Waals surface area contributed by atoms with Crippen molar-refractivity contribution in [3.05, 3.63) is 0 Å². The second-order valence-electron chi connectivity index (χ2n) is 10.9. The first-order chi connectivity index (χ1) is 14.6. The summed E-state index contributed by atoms with van der Waals surface area (Å²) in [5.74, 6) is -2.06. The molecule has 0 aromatic carbocycles. The number of halogens is 3. The van der Waals surface area contributed by atoms with E-state index in [2.05, 4.69) is 0 Å². The maximum atomic E-state index is 13.1. The fraction of sp³-hybridized carbons (Fsp3) is 0.957. The van der Waals surface area contributed by atoms with Crippen molar-refractivity contribution in [2.75, 3.05) is 0 Å². The molecule has 2 aliphatic rings. The minimum absolute atomic E-state index is 0.0141. The van der Waals surface area contributed by atoms with Crippen molar-refractivity contribution >= 4 is 13.1 Å². The predicted octanol–water partition coefficient (Wildman–Crippen LogP) is 5.67. The van der Waals surface area contributed by atoms with E-state index in [4.69, 9.17) is 15.0 Å². The van der Waals surface area contributed by atoms with E-state index in [9.17, 15) is 23.1 Å². The third-order valence-corrected chi connectivity index (χ3v) is 8.27. The van der Waals surface area contributed by atoms with Gasteiger partial charge in [-0.1, -0.05) is 33.1 Å². The van der Waals surface area contributed by atoms with E-state index < -0.39 is 41.2 Å². The molecule has 0 aromatic heterocycles. The molecule has 186 valence electrons. The molecule has 1 saturated heterocycles. The van der Waals surface area contributed by atoms with Gasteiger partial charge in [-0.25, -0.2) is 0 Å². The maximum absolute atomic E-state index is 13.1. The van der Waals surface area contributed by atoms with Crippen LogP contribution in [0.3, 0.4) is 0 Å². The van der Waals surface area contributed by atoms with Crippen LogP contribution in [0.4, 0.5) is 13.2 Å². The molecule has 3 N–H and O–H groups in total. The number of nitrogens with two attached hydrogens (primary N) is 1. The van der Waals surface area contributed by atoms with Crippen molar-refractivity contribution in [2.45, 2.75) is 116 Å². The monoisotopic (exact) mass is 463 g/mol. The Bertz CT molecular complexity index is 642. The first-order valence-electron chi connectivity index (χ1n) is 12.0. The molecular formula is C23H41BF3NO4. The number of aliphatic carboxylic acids is 1. The van der Waals surface area contributed by atoms with Crippen molar-refractivity contribution in [2.24, 2.45) is 29.4 Å². The topological polar surface area (TPSA) is 81.8 Å². The van der Waals surface area contributed by atoms with Crippen LogP contribution in [-0.4, -0.2) is 41.1 Å². The van der Waals surface area contributed by atoms with E-state index >= 15 is 0 Å². The van der Waals surface area contributed by atoms with Gasteiger partial charge >= 0.3 is 19.3 Å². The van der Waals surface area contributed by atoms with E-state index in [1.807, 2.05) is 34.6 Å². The zero-order valence-electron chi connectivity index (χ0n) is 20.4. The molecule has 1 saturated carbocycles. The molecule has 5 nitrogen and oxygen atoms in total. The minimum Gasteiger partial charge on any atom is -0.480 e. The standard InChI is InChI=1S/C23H41BF3NO4/c1-7-15(13-23(25,26)27)12-17-16(8-2)14-22(28,19(29)30)18(17)10-9-11-24-31-20(3,4)21(5,6)32-24/h15-18H,7-14,28H2,1-6H3,(H,29,30)/t15?,16-,17-,18+,22+/m1/s1. The molecule has 0 bridgehead atoms. The third kappa shape index (κ3) is 6.00. The van der Waals surface area contributed by atoms with Crippen molar-refractivity contribution in [1.82, 2.24) is 0 Å². The zero-order chi connectivity index (χ0) is 24.5. The van der Waals surface area contributed by atoms with Crippen LogP contribution >= 0.6 is 0 Å². The Balaban J connectivity index is 2.13. The molecule has 1 unspecified atom stereocenters. The fourth-order valence-corrected chi connectivity index (χ4v) is 5.66. The molecule has 1 heterocycles. The van der Waals surface area contributed by atoms with E-state index in [0.717, 1.165) is 0 Å². The van der Waals surface area contributed by atoms with Gasteiger partial charge < -0.3 is 20.1 Å². The third-order valence-electron chi connectivity index (χ3n) is 8.27. The van der Waals surface area contributed by atoms with Gasteiger partial charge in [0.15, 0.2) is 0 Å². The Morgan fingerprint density at radius 3 is 2.19 bits per heavy atom. The van der Waals surface area contributed by atoms with Crippen molar-refractivity contribution in [1.29, 1.82) is 0 Å². The highest BCUT2D eigenvalue weighted by atomic mass is 19.4. The lowest BCUT2D eigenvalue weighted by molar-refractivity contribution is -0.148. The highest BCUT2D eigenvalue weighted by Gasteiger charge is 2.56. The van der Waals surface area contributed by atoms with Gasteiger partial charge in [-0.05, 0) is 76.9 Å². The van der Waals surface area contributed by atoms with Crippen LogP contribution in [-0.2, 0) is 14.1 Å². The van der Waals surface area contributed by atoms with E-state index in [0.29, 0.717) is 44.8 Å². The summed E-state index contributed by atoms with van der Waals surface area (Å²) in [7, 11) is -0.382. The van der Waals surface area contributed by atoms with Crippen LogP contribution < -0.4 is 5.73 Å². The Labute approximate surface area is 191 Å². The number of carboxylic acid groups (broad SMARTS) is 1. The van der Waals surface area contributed by atoms with E-state index in [1.54, 1.807) is 6.92 Å². The maximum Gasteiger partial charge on any atom is 0.457 e. The van der Waals surface area contributed by atoms with Crippen molar-refractivity contribution < 1.29 is 32.4 Å². The van der Waals surface area contributed by atoms with Crippen LogP contribution in [0.15, 0.2) is 0 Å². The first-order valence-corrected chi connectivity index (χ1v) is 12.0. The average molecular weight is 463 g/mol. The lowest BCUT2D eigenvalue weighted by Gasteiger charge is -2.33. The van der Waals surface area contributed by atoms with Gasteiger partial charge in [0.05, 0.1) is 11.2 Å². The number of carboxylic acids is 1. The predicted molar refractivity (Wildman–Crippen MR) is 119 cm³/mol. The fourth-order valence-electron chi connectivity index (χ4n) is 5.66. The SMILES string of the molecule is CCC(C[C@@H]1[C@H](CC)C[C@@](N)(C(=O)O)[C@H]1CCCB1OC(C)(C)C(C)(C)O1)CC(F)(F)F. The molecule has 0 aromatic rings. The molecule has 2 rings (SSSR count). The molecule has 0 amide bonds. The van der Waals surface area contributed by atoms with Crippen molar-refractivity contribution in [3.63, 3.8) is 0 Å². The summed E-state index contributed by atoms with van der Waals surface area (Å²) in [6, 6.07) is 0. The molecule has 2 fully saturated rings. The molecule has 1 aliphatic carbocycles. The smallest absolute Gasteiger partial charge is 0.457 e. The highest BCUT2D eigenvalue weighted by molar-refractivity contribution is 6.45. The second-order valence-corrected chi connectivity index (χ2v) is 10.9. The summed E-state index contributed by atoms with van der Waals surface area (Å²) >= 11 is 0. The average Bonchev–Trinajstić information content (AvgIpc) is 3.03. The lowest BCUT2D eigenvalue weighted by atomic mass is 9.72. The molecule has 9 heteroatoms. The molecule has 1 aliphatic heterocycles. The Morgan fingerprint density at radius 2 is 1.75 bits per heavy atom. The number of alkyl halides is 3. The molecule has 0 spiro atoms. The highest BCUT2D eigenvalue weighted by Crippen LogP contribution is 2.51. The van der Waals surface area contributed by atoms with Crippen LogP contribution in [0.2, 0.25) is 6.32 Å². The lowest BCUT2D eigenvalue weighted by Crippen LogP contribution is -2.52. The van der Waals surface area contributed by atoms with Crippen molar-refractivity contribution in [3.8, 4) is 0 Å². The van der Waals surface area contributed by atoms with E-state index in [-0.39, 0.29) is 24.9 Å². The summed E-state index contributed by atoms with van der Waals surface area (Å²) in [6.45, 7) is 11.7. The Kier molecular flexibility index (Phi) is 8.43. The zero-order valence-corrected chi connectivity index (χ0v) is 20.4. The van der Waals surface area contributed by atoms with Crippen LogP contribution in [0, 0.1) is 23.7 Å². The molecule has 32 heavy (non-hydrogen) atoms. The van der Waals surface area contributed by atoms with E-state index in [1.165, 1.54) is 0 Å². The van der Waals surface area contributed by atoms with Gasteiger partial charge in [0.25, 0.3) is 0 Å². The second kappa shape index (κ2) is 9.83. The summed E-state index contributed by atoms with van der Waals surface area (Å²) in [4.78, 5) is 12.2. The number of hydrogen-bond donors (Lipinski definition) is 2. The normalized spacial score (nSPS) is 32.9. The summed E-state index contributed by atoms with van der Waals surface area (Å²) in [5, 5.41) is 9.95. The number of rotatable bonds is 10. The summed E-state index contributed by atoms with van der Waals surface area (Å²) in [5.41, 5.74) is 4.16. The summed E-state index contributed by atoms with van der Waals surface area (Å²) < 4.78 is 51.3. The number of carbonyl (C=O) groups is 1.